The Balaban J connectivity index is 1.41. The molecule has 168 valence electrons. The Bertz CT molecular complexity index is 1030. The number of likely N-dealkylation sites (tertiary alicyclic amines) is 1. The molecule has 0 spiro atoms. The van der Waals surface area contributed by atoms with Crippen LogP contribution in [0.4, 0.5) is 5.69 Å². The summed E-state index contributed by atoms with van der Waals surface area (Å²) < 4.78 is 5.33. The number of benzene rings is 2. The molecule has 1 aliphatic heterocycles. The van der Waals surface area contributed by atoms with E-state index in [1.807, 2.05) is 43.3 Å². The number of hydrogen-bond donors (Lipinski definition) is 1. The van der Waals surface area contributed by atoms with E-state index in [1.54, 1.807) is 18.4 Å². The number of anilines is 1. The lowest BCUT2D eigenvalue weighted by Gasteiger charge is -2.29. The summed E-state index contributed by atoms with van der Waals surface area (Å²) in [6.45, 7) is 3.88. The minimum Gasteiger partial charge on any atom is -0.497 e. The van der Waals surface area contributed by atoms with Gasteiger partial charge in [0.15, 0.2) is 0 Å². The van der Waals surface area contributed by atoms with E-state index in [9.17, 15) is 4.79 Å². The summed E-state index contributed by atoms with van der Waals surface area (Å²) >= 11 is 1.57. The molecule has 2 aromatic carbocycles. The molecule has 2 heterocycles. The summed E-state index contributed by atoms with van der Waals surface area (Å²) in [7, 11) is 1.70. The van der Waals surface area contributed by atoms with E-state index in [1.165, 1.54) is 24.8 Å². The molecule has 1 amide bonds. The molecular weight excluding hydrogens is 418 g/mol. The van der Waals surface area contributed by atoms with E-state index < -0.39 is 0 Å². The SMILES string of the molecule is COc1ccc(C2CCCCCN2Cc2csc(CC(=O)Nc3ccccc3C)n2)cc1. The van der Waals surface area contributed by atoms with Crippen LogP contribution in [0.15, 0.2) is 53.9 Å². The second-order valence-corrected chi connectivity index (χ2v) is 9.32. The molecule has 1 aliphatic rings. The Labute approximate surface area is 194 Å². The lowest BCUT2D eigenvalue weighted by Crippen LogP contribution is -2.28. The van der Waals surface area contributed by atoms with Crippen molar-refractivity contribution in [3.63, 3.8) is 0 Å². The maximum absolute atomic E-state index is 12.5. The van der Waals surface area contributed by atoms with E-state index in [4.69, 9.17) is 9.72 Å². The van der Waals surface area contributed by atoms with E-state index in [-0.39, 0.29) is 5.91 Å². The van der Waals surface area contributed by atoms with Gasteiger partial charge in [0.25, 0.3) is 0 Å². The van der Waals surface area contributed by atoms with Crippen LogP contribution in [0, 0.1) is 6.92 Å². The number of aromatic nitrogens is 1. The van der Waals surface area contributed by atoms with Gasteiger partial charge in [-0.05, 0) is 55.6 Å². The van der Waals surface area contributed by atoms with Crippen LogP contribution in [0.3, 0.4) is 0 Å². The third-order valence-electron chi connectivity index (χ3n) is 6.06. The molecule has 0 radical (unpaired) electrons. The Kier molecular flexibility index (Phi) is 7.55. The molecule has 1 aromatic heterocycles. The second-order valence-electron chi connectivity index (χ2n) is 8.38. The van der Waals surface area contributed by atoms with Crippen LogP contribution in [0.2, 0.25) is 0 Å². The molecular formula is C26H31N3O2S. The predicted octanol–water partition coefficient (Wildman–Crippen LogP) is 5.76. The molecule has 0 bridgehead atoms. The summed E-state index contributed by atoms with van der Waals surface area (Å²) in [6.07, 6.45) is 5.19. The third-order valence-corrected chi connectivity index (χ3v) is 6.96. The highest BCUT2D eigenvalue weighted by atomic mass is 32.1. The number of rotatable bonds is 7. The van der Waals surface area contributed by atoms with Crippen molar-refractivity contribution in [2.45, 2.75) is 51.6 Å². The first-order valence-electron chi connectivity index (χ1n) is 11.3. The Morgan fingerprint density at radius 2 is 1.97 bits per heavy atom. The van der Waals surface area contributed by atoms with Crippen molar-refractivity contribution in [2.24, 2.45) is 0 Å². The summed E-state index contributed by atoms with van der Waals surface area (Å²) in [5.74, 6) is 0.869. The number of carbonyl (C=O) groups is 1. The molecule has 1 saturated heterocycles. The van der Waals surface area contributed by atoms with E-state index in [2.05, 4.69) is 27.7 Å². The third kappa shape index (κ3) is 5.75. The monoisotopic (exact) mass is 449 g/mol. The number of carbonyl (C=O) groups excluding carboxylic acids is 1. The summed E-state index contributed by atoms with van der Waals surface area (Å²) in [4.78, 5) is 19.8. The maximum Gasteiger partial charge on any atom is 0.231 e. The number of nitrogens with zero attached hydrogens (tertiary/aromatic N) is 2. The Hall–Kier alpha value is -2.70. The van der Waals surface area contributed by atoms with Gasteiger partial charge in [0.05, 0.1) is 19.2 Å². The van der Waals surface area contributed by atoms with E-state index in [0.717, 1.165) is 47.2 Å². The van der Waals surface area contributed by atoms with Crippen LogP contribution in [0.1, 0.15) is 53.6 Å². The topological polar surface area (TPSA) is 54.5 Å². The van der Waals surface area contributed by atoms with Gasteiger partial charge in [0.2, 0.25) is 5.91 Å². The number of methoxy groups -OCH3 is 1. The van der Waals surface area contributed by atoms with Gasteiger partial charge < -0.3 is 10.1 Å². The van der Waals surface area contributed by atoms with Gasteiger partial charge in [0.1, 0.15) is 10.8 Å². The maximum atomic E-state index is 12.5. The van der Waals surface area contributed by atoms with Crippen LogP contribution >= 0.6 is 11.3 Å². The molecule has 1 fully saturated rings. The van der Waals surface area contributed by atoms with Gasteiger partial charge in [-0.15, -0.1) is 11.3 Å². The van der Waals surface area contributed by atoms with Crippen LogP contribution in [-0.4, -0.2) is 29.4 Å². The fourth-order valence-electron chi connectivity index (χ4n) is 4.32. The summed E-state index contributed by atoms with van der Waals surface area (Å²) in [5.41, 5.74) is 4.31. The van der Waals surface area contributed by atoms with Crippen molar-refractivity contribution in [3.8, 4) is 5.75 Å². The number of aryl methyl sites for hydroxylation is 1. The zero-order chi connectivity index (χ0) is 22.3. The molecule has 1 unspecified atom stereocenters. The van der Waals surface area contributed by atoms with Crippen molar-refractivity contribution in [1.29, 1.82) is 0 Å². The highest BCUT2D eigenvalue weighted by Crippen LogP contribution is 2.32. The number of ether oxygens (including phenoxy) is 1. The summed E-state index contributed by atoms with van der Waals surface area (Å²) in [5, 5.41) is 5.97. The first kappa shape index (κ1) is 22.5. The Morgan fingerprint density at radius 3 is 2.75 bits per heavy atom. The molecule has 5 nitrogen and oxygen atoms in total. The molecule has 3 aromatic rings. The number of para-hydroxylation sites is 1. The van der Waals surface area contributed by atoms with Gasteiger partial charge >= 0.3 is 0 Å². The zero-order valence-electron chi connectivity index (χ0n) is 18.8. The van der Waals surface area contributed by atoms with Gasteiger partial charge in [-0.1, -0.05) is 43.2 Å². The van der Waals surface area contributed by atoms with E-state index in [0.29, 0.717) is 12.5 Å². The molecule has 6 heteroatoms. The molecule has 32 heavy (non-hydrogen) atoms. The average Bonchev–Trinajstić information content (AvgIpc) is 3.10. The minimum absolute atomic E-state index is 0.0221. The van der Waals surface area contributed by atoms with Crippen molar-refractivity contribution >= 4 is 22.9 Å². The van der Waals surface area contributed by atoms with E-state index >= 15 is 0 Å². The molecule has 0 saturated carbocycles. The predicted molar refractivity (Wildman–Crippen MR) is 130 cm³/mol. The van der Waals surface area contributed by atoms with Gasteiger partial charge in [-0.3, -0.25) is 9.69 Å². The standard InChI is InChI=1S/C26H31N3O2S/c1-19-8-5-6-9-23(19)28-25(30)16-26-27-21(18-32-26)17-29-15-7-3-4-10-24(29)20-11-13-22(31-2)14-12-20/h5-6,8-9,11-14,18,24H,3-4,7,10,15-17H2,1-2H3,(H,28,30). The second kappa shape index (κ2) is 10.7. The largest absolute Gasteiger partial charge is 0.497 e. The lowest BCUT2D eigenvalue weighted by molar-refractivity contribution is -0.115. The fourth-order valence-corrected chi connectivity index (χ4v) is 5.10. The number of hydrogen-bond acceptors (Lipinski definition) is 5. The smallest absolute Gasteiger partial charge is 0.231 e. The first-order valence-corrected chi connectivity index (χ1v) is 12.2. The van der Waals surface area contributed by atoms with Crippen LogP contribution in [0.5, 0.6) is 5.75 Å². The average molecular weight is 450 g/mol. The molecule has 1 N–H and O–H groups in total. The zero-order valence-corrected chi connectivity index (χ0v) is 19.7. The number of amides is 1. The molecule has 4 rings (SSSR count). The lowest BCUT2D eigenvalue weighted by atomic mass is 10.0. The highest BCUT2D eigenvalue weighted by Gasteiger charge is 2.23. The van der Waals surface area contributed by atoms with Gasteiger partial charge in [0, 0.05) is 23.7 Å². The minimum atomic E-state index is -0.0221. The van der Waals surface area contributed by atoms with Crippen molar-refractivity contribution in [2.75, 3.05) is 19.0 Å². The van der Waals surface area contributed by atoms with Crippen molar-refractivity contribution < 1.29 is 9.53 Å². The van der Waals surface area contributed by atoms with Crippen LogP contribution in [-0.2, 0) is 17.8 Å². The number of nitrogens with one attached hydrogen (secondary N) is 1. The molecule has 0 aliphatic carbocycles. The van der Waals surface area contributed by atoms with Crippen LogP contribution in [0.25, 0.3) is 0 Å². The normalized spacial score (nSPS) is 17.0. The fraction of sp³-hybridized carbons (Fsp3) is 0.385. The van der Waals surface area contributed by atoms with Crippen LogP contribution < -0.4 is 10.1 Å². The Morgan fingerprint density at radius 1 is 1.16 bits per heavy atom. The number of thiazole rings is 1. The highest BCUT2D eigenvalue weighted by molar-refractivity contribution is 7.09. The van der Waals surface area contributed by atoms with Gasteiger partial charge in [-0.25, -0.2) is 4.98 Å². The summed E-state index contributed by atoms with van der Waals surface area (Å²) in [6, 6.07) is 16.7. The molecule has 1 atom stereocenters. The van der Waals surface area contributed by atoms with Crippen molar-refractivity contribution in [3.05, 3.63) is 75.7 Å². The first-order chi connectivity index (χ1) is 15.6. The quantitative estimate of drug-likeness (QED) is 0.498. The van der Waals surface area contributed by atoms with Crippen molar-refractivity contribution in [1.82, 2.24) is 9.88 Å². The van der Waals surface area contributed by atoms with Gasteiger partial charge in [-0.2, -0.15) is 0 Å².